The molecule has 3 aliphatic heterocycles. The first-order valence-electron chi connectivity index (χ1n) is 12.4. The number of piperidine rings is 1. The van der Waals surface area contributed by atoms with E-state index in [4.69, 9.17) is 21.7 Å². The molecule has 0 bridgehead atoms. The number of thiocarbonyl (C=S) groups is 1. The van der Waals surface area contributed by atoms with Crippen molar-refractivity contribution in [1.29, 1.82) is 5.26 Å². The van der Waals surface area contributed by atoms with Gasteiger partial charge in [-0.05, 0) is 61.9 Å². The fourth-order valence-electron chi connectivity index (χ4n) is 5.15. The Morgan fingerprint density at radius 2 is 2.05 bits per heavy atom. The highest BCUT2D eigenvalue weighted by molar-refractivity contribution is 8.26. The van der Waals surface area contributed by atoms with Crippen LogP contribution in [0, 0.1) is 24.2 Å². The Labute approximate surface area is 225 Å². The Kier molecular flexibility index (Phi) is 7.01. The minimum Gasteiger partial charge on any atom is -0.454 e. The normalized spacial score (nSPS) is 20.2. The van der Waals surface area contributed by atoms with Crippen molar-refractivity contribution in [3.05, 3.63) is 55.7 Å². The molecule has 3 aliphatic rings. The van der Waals surface area contributed by atoms with Gasteiger partial charge in [-0.3, -0.25) is 19.1 Å². The molecule has 1 unspecified atom stereocenters. The van der Waals surface area contributed by atoms with Crippen molar-refractivity contribution in [2.45, 2.75) is 46.7 Å². The summed E-state index contributed by atoms with van der Waals surface area (Å²) in [4.78, 5) is 31.0. The first-order valence-corrected chi connectivity index (χ1v) is 13.6. The van der Waals surface area contributed by atoms with Gasteiger partial charge in [-0.1, -0.05) is 37.0 Å². The van der Waals surface area contributed by atoms with Gasteiger partial charge >= 0.3 is 0 Å². The monoisotopic (exact) mass is 536 g/mol. The van der Waals surface area contributed by atoms with Crippen LogP contribution in [0.15, 0.2) is 27.9 Å². The predicted octanol–water partition coefficient (Wildman–Crippen LogP) is 4.41. The summed E-state index contributed by atoms with van der Waals surface area (Å²) in [6.07, 6.45) is 3.97. The Hall–Kier alpha value is -3.29. The quantitative estimate of drug-likeness (QED) is 0.410. The zero-order valence-corrected chi connectivity index (χ0v) is 22.7. The third-order valence-corrected chi connectivity index (χ3v) is 8.42. The molecule has 10 heteroatoms. The van der Waals surface area contributed by atoms with Gasteiger partial charge in [-0.2, -0.15) is 5.26 Å². The molecule has 37 heavy (non-hydrogen) atoms. The molecule has 4 heterocycles. The summed E-state index contributed by atoms with van der Waals surface area (Å²) in [5, 5.41) is 9.80. The van der Waals surface area contributed by atoms with Crippen molar-refractivity contribution in [2.24, 2.45) is 5.92 Å². The predicted molar refractivity (Wildman–Crippen MR) is 148 cm³/mol. The molecule has 0 saturated carbocycles. The molecule has 5 rings (SSSR count). The number of pyridine rings is 1. The summed E-state index contributed by atoms with van der Waals surface area (Å²) in [6, 6.07) is 7.68. The topological polar surface area (TPSA) is 87.8 Å². The number of fused-ring (bicyclic) bond motifs is 1. The Morgan fingerprint density at radius 3 is 2.78 bits per heavy atom. The molecule has 0 spiro atoms. The zero-order chi connectivity index (χ0) is 26.3. The fraction of sp³-hybridized carbons (Fsp3) is 0.407. The lowest BCUT2D eigenvalue weighted by atomic mass is 9.98. The van der Waals surface area contributed by atoms with Crippen molar-refractivity contribution < 1.29 is 14.3 Å². The smallest absolute Gasteiger partial charge is 0.270 e. The first kappa shape index (κ1) is 25.4. The van der Waals surface area contributed by atoms with Gasteiger partial charge in [0.25, 0.3) is 11.5 Å². The molecule has 0 aliphatic carbocycles. The first-order chi connectivity index (χ1) is 17.8. The highest BCUT2D eigenvalue weighted by atomic mass is 32.2. The number of anilines is 1. The second kappa shape index (κ2) is 10.2. The lowest BCUT2D eigenvalue weighted by Crippen LogP contribution is -2.40. The lowest BCUT2D eigenvalue weighted by Gasteiger charge is -2.35. The standard InChI is InChI=1S/C27H28N4O4S2/c1-4-30-24(29-9-5-6-16(2)13-29)19(17(3)20(12-28)25(30)32)11-23-26(33)31(27(36)37-23)14-18-7-8-21-22(10-18)35-15-34-21/h7-8,10-11,16H,4-6,9,13-15H2,1-3H3/b23-11-. The molecular formula is C27H28N4O4S2. The minimum absolute atomic E-state index is 0.109. The van der Waals surface area contributed by atoms with Gasteiger partial charge in [0.05, 0.1) is 11.4 Å². The molecule has 0 radical (unpaired) electrons. The number of ether oxygens (including phenoxy) is 2. The van der Waals surface area contributed by atoms with E-state index in [0.29, 0.717) is 45.3 Å². The molecule has 192 valence electrons. The Bertz CT molecular complexity index is 1420. The summed E-state index contributed by atoms with van der Waals surface area (Å²) in [7, 11) is 0. The van der Waals surface area contributed by atoms with Crippen LogP contribution in [0.4, 0.5) is 5.82 Å². The van der Waals surface area contributed by atoms with Crippen LogP contribution in [0.3, 0.4) is 0 Å². The zero-order valence-electron chi connectivity index (χ0n) is 21.1. The number of hydrogen-bond acceptors (Lipinski definition) is 8. The largest absolute Gasteiger partial charge is 0.454 e. The van der Waals surface area contributed by atoms with E-state index in [2.05, 4.69) is 17.9 Å². The van der Waals surface area contributed by atoms with E-state index in [9.17, 15) is 14.9 Å². The average Bonchev–Trinajstić information content (AvgIpc) is 3.45. The van der Waals surface area contributed by atoms with Crippen LogP contribution >= 0.6 is 24.0 Å². The molecule has 2 aromatic rings. The maximum atomic E-state index is 13.5. The van der Waals surface area contributed by atoms with E-state index in [-0.39, 0.29) is 23.8 Å². The molecule has 1 atom stereocenters. The van der Waals surface area contributed by atoms with Crippen LogP contribution in [0.1, 0.15) is 48.9 Å². The number of amides is 1. The molecule has 8 nitrogen and oxygen atoms in total. The van der Waals surface area contributed by atoms with Crippen LogP contribution in [-0.4, -0.2) is 39.6 Å². The van der Waals surface area contributed by atoms with Crippen LogP contribution in [-0.2, 0) is 17.9 Å². The number of benzene rings is 1. The maximum Gasteiger partial charge on any atom is 0.270 e. The van der Waals surface area contributed by atoms with Crippen molar-refractivity contribution >= 4 is 46.1 Å². The number of carbonyl (C=O) groups is 1. The summed E-state index contributed by atoms with van der Waals surface area (Å²) < 4.78 is 13.0. The minimum atomic E-state index is -0.289. The van der Waals surface area contributed by atoms with Crippen LogP contribution in [0.2, 0.25) is 0 Å². The molecule has 2 saturated heterocycles. The molecule has 2 fully saturated rings. The second-order valence-electron chi connectivity index (χ2n) is 9.55. The van der Waals surface area contributed by atoms with E-state index in [1.165, 1.54) is 11.8 Å². The van der Waals surface area contributed by atoms with Crippen molar-refractivity contribution in [3.63, 3.8) is 0 Å². The molecule has 1 amide bonds. The van der Waals surface area contributed by atoms with E-state index in [0.717, 1.165) is 42.9 Å². The van der Waals surface area contributed by atoms with Crippen molar-refractivity contribution in [3.8, 4) is 17.6 Å². The number of hydrogen-bond donors (Lipinski definition) is 0. The van der Waals surface area contributed by atoms with Gasteiger partial charge in [-0.15, -0.1) is 0 Å². The van der Waals surface area contributed by atoms with Gasteiger partial charge in [0, 0.05) is 25.2 Å². The number of carbonyl (C=O) groups excluding carboxylic acids is 1. The Balaban J connectivity index is 1.55. The number of nitrogens with zero attached hydrogens (tertiary/aromatic N) is 4. The molecule has 0 N–H and O–H groups in total. The van der Waals surface area contributed by atoms with Crippen molar-refractivity contribution in [1.82, 2.24) is 9.47 Å². The molecular weight excluding hydrogens is 508 g/mol. The number of aromatic nitrogens is 1. The molecule has 1 aromatic heterocycles. The number of thioether (sulfide) groups is 1. The number of nitriles is 1. The summed E-state index contributed by atoms with van der Waals surface area (Å²) in [6.45, 7) is 8.46. The van der Waals surface area contributed by atoms with Crippen molar-refractivity contribution in [2.75, 3.05) is 24.8 Å². The Morgan fingerprint density at radius 1 is 1.27 bits per heavy atom. The van der Waals surface area contributed by atoms with E-state index in [1.807, 2.05) is 31.2 Å². The SMILES string of the molecule is CCn1c(N2CCCC(C)C2)c(/C=C2\SC(=S)N(Cc3ccc4c(c3)OCO4)C2=O)c(C)c(C#N)c1=O. The third kappa shape index (κ3) is 4.62. The fourth-order valence-corrected chi connectivity index (χ4v) is 6.39. The highest BCUT2D eigenvalue weighted by Crippen LogP contribution is 2.38. The third-order valence-electron chi connectivity index (χ3n) is 7.05. The summed E-state index contributed by atoms with van der Waals surface area (Å²) >= 11 is 6.83. The van der Waals surface area contributed by atoms with E-state index in [1.54, 1.807) is 16.4 Å². The second-order valence-corrected chi connectivity index (χ2v) is 11.2. The van der Waals surface area contributed by atoms with Crippen LogP contribution in [0.5, 0.6) is 11.5 Å². The summed E-state index contributed by atoms with van der Waals surface area (Å²) in [5.41, 5.74) is 2.02. The van der Waals surface area contributed by atoms with Gasteiger partial charge < -0.3 is 14.4 Å². The molecule has 1 aromatic carbocycles. The van der Waals surface area contributed by atoms with Gasteiger partial charge in [0.2, 0.25) is 6.79 Å². The lowest BCUT2D eigenvalue weighted by molar-refractivity contribution is -0.122. The average molecular weight is 537 g/mol. The van der Waals surface area contributed by atoms with E-state index < -0.39 is 0 Å². The highest BCUT2D eigenvalue weighted by Gasteiger charge is 2.34. The van der Waals surface area contributed by atoms with Crippen LogP contribution in [0.25, 0.3) is 6.08 Å². The van der Waals surface area contributed by atoms with Gasteiger partial charge in [-0.25, -0.2) is 0 Å². The number of rotatable bonds is 5. The maximum absolute atomic E-state index is 13.5. The van der Waals surface area contributed by atoms with Gasteiger partial charge in [0.15, 0.2) is 11.5 Å². The van der Waals surface area contributed by atoms with E-state index >= 15 is 0 Å². The summed E-state index contributed by atoms with van der Waals surface area (Å²) in [5.74, 6) is 2.40. The van der Waals surface area contributed by atoms with Crippen LogP contribution < -0.4 is 19.9 Å². The van der Waals surface area contributed by atoms with Gasteiger partial charge in [0.1, 0.15) is 21.8 Å².